The van der Waals surface area contributed by atoms with Gasteiger partial charge in [-0.3, -0.25) is 4.31 Å². The topological polar surface area (TPSA) is 37.4 Å². The molecule has 1 aliphatic heterocycles. The predicted molar refractivity (Wildman–Crippen MR) is 121 cm³/mol. The van der Waals surface area contributed by atoms with Crippen molar-refractivity contribution in [2.24, 2.45) is 0 Å². The van der Waals surface area contributed by atoms with Crippen LogP contribution in [0.1, 0.15) is 22.7 Å². The zero-order valence-corrected chi connectivity index (χ0v) is 17.4. The summed E-state index contributed by atoms with van der Waals surface area (Å²) in [5, 5.41) is 0. The van der Waals surface area contributed by atoms with E-state index in [0.717, 1.165) is 27.8 Å². The third-order valence-corrected chi connectivity index (χ3v) is 7.41. The maximum Gasteiger partial charge on any atom is 0.265 e. The number of para-hydroxylation sites is 1. The van der Waals surface area contributed by atoms with E-state index in [9.17, 15) is 8.42 Å². The van der Waals surface area contributed by atoms with E-state index in [0.29, 0.717) is 10.6 Å². The lowest BCUT2D eigenvalue weighted by Crippen LogP contribution is -2.38. The lowest BCUT2D eigenvalue weighted by Gasteiger charge is -2.39. The van der Waals surface area contributed by atoms with E-state index in [-0.39, 0.29) is 0 Å². The van der Waals surface area contributed by atoms with Crippen molar-refractivity contribution in [2.75, 3.05) is 4.31 Å². The zero-order valence-electron chi connectivity index (χ0n) is 16.6. The Morgan fingerprint density at radius 2 is 1.27 bits per heavy atom. The number of fused-ring (bicyclic) bond motifs is 3. The molecule has 1 heterocycles. The van der Waals surface area contributed by atoms with Crippen LogP contribution >= 0.6 is 0 Å². The Morgan fingerprint density at radius 1 is 0.667 bits per heavy atom. The maximum atomic E-state index is 14.0. The summed E-state index contributed by atoms with van der Waals surface area (Å²) in [6, 6.07) is 32.3. The van der Waals surface area contributed by atoms with Crippen molar-refractivity contribution in [3.63, 3.8) is 0 Å². The average molecular weight is 412 g/mol. The number of sulfonamides is 1. The Kier molecular flexibility index (Phi) is 4.44. The van der Waals surface area contributed by atoms with Crippen molar-refractivity contribution in [3.05, 3.63) is 120 Å². The smallest absolute Gasteiger partial charge is 0.254 e. The van der Waals surface area contributed by atoms with Gasteiger partial charge < -0.3 is 0 Å². The number of aryl methyl sites for hydroxylation is 1. The summed E-state index contributed by atoms with van der Waals surface area (Å²) in [4.78, 5) is 0.295. The third kappa shape index (κ3) is 2.92. The van der Waals surface area contributed by atoms with E-state index >= 15 is 0 Å². The molecule has 148 valence electrons. The number of benzene rings is 4. The van der Waals surface area contributed by atoms with Crippen LogP contribution in [0.15, 0.2) is 108 Å². The van der Waals surface area contributed by atoms with Gasteiger partial charge in [0.15, 0.2) is 0 Å². The number of anilines is 1. The molecule has 1 aliphatic rings. The molecule has 0 radical (unpaired) electrons. The van der Waals surface area contributed by atoms with Gasteiger partial charge in [0.2, 0.25) is 0 Å². The second-order valence-electron chi connectivity index (χ2n) is 7.53. The minimum absolute atomic E-state index is 0.295. The molecule has 0 fully saturated rings. The monoisotopic (exact) mass is 411 g/mol. The fourth-order valence-corrected chi connectivity index (χ4v) is 5.82. The molecule has 0 bridgehead atoms. The Labute approximate surface area is 177 Å². The average Bonchev–Trinajstić information content (AvgIpc) is 2.79. The fraction of sp³-hybridized carbons (Fsp3) is 0.0769. The van der Waals surface area contributed by atoms with Gasteiger partial charge in [0.05, 0.1) is 16.6 Å². The van der Waals surface area contributed by atoms with Crippen LogP contribution in [0.5, 0.6) is 0 Å². The van der Waals surface area contributed by atoms with E-state index in [1.54, 1.807) is 16.4 Å². The van der Waals surface area contributed by atoms with E-state index in [2.05, 4.69) is 6.07 Å². The summed E-state index contributed by atoms with van der Waals surface area (Å²) in [6.45, 7) is 1.95. The van der Waals surface area contributed by atoms with Crippen LogP contribution in [-0.4, -0.2) is 8.42 Å². The second kappa shape index (κ2) is 7.15. The van der Waals surface area contributed by atoms with Gasteiger partial charge in [0.25, 0.3) is 10.0 Å². The Morgan fingerprint density at radius 3 is 2.00 bits per heavy atom. The molecule has 0 N–H and O–H groups in total. The first-order valence-corrected chi connectivity index (χ1v) is 11.4. The van der Waals surface area contributed by atoms with Gasteiger partial charge in [0.1, 0.15) is 0 Å². The molecule has 0 saturated heterocycles. The minimum Gasteiger partial charge on any atom is -0.254 e. The molecule has 30 heavy (non-hydrogen) atoms. The highest BCUT2D eigenvalue weighted by Crippen LogP contribution is 2.49. The summed E-state index contributed by atoms with van der Waals surface area (Å²) in [5.74, 6) is 0. The molecule has 0 aromatic heterocycles. The Balaban J connectivity index is 1.82. The first-order valence-electron chi connectivity index (χ1n) is 9.92. The molecule has 0 amide bonds. The third-order valence-electron chi connectivity index (χ3n) is 5.61. The van der Waals surface area contributed by atoms with Gasteiger partial charge in [-0.1, -0.05) is 90.5 Å². The first-order chi connectivity index (χ1) is 14.6. The second-order valence-corrected chi connectivity index (χ2v) is 9.35. The van der Waals surface area contributed by atoms with Gasteiger partial charge >= 0.3 is 0 Å². The summed E-state index contributed by atoms with van der Waals surface area (Å²) in [7, 11) is -3.80. The standard InChI is InChI=1S/C26H21NO2S/c1-19-15-17-21(18-16-19)30(28,29)27-25-14-8-7-12-23(25)22-11-5-6-13-24(22)26(27)20-9-3-2-4-10-20/h2-18,26H,1H3/t26-/m1/s1. The van der Waals surface area contributed by atoms with Crippen LogP contribution in [0.4, 0.5) is 5.69 Å². The minimum atomic E-state index is -3.80. The lowest BCUT2D eigenvalue weighted by atomic mass is 9.86. The summed E-state index contributed by atoms with van der Waals surface area (Å²) < 4.78 is 29.5. The number of hydrogen-bond acceptors (Lipinski definition) is 2. The van der Waals surface area contributed by atoms with Crippen LogP contribution in [0.3, 0.4) is 0 Å². The highest BCUT2D eigenvalue weighted by Gasteiger charge is 2.39. The van der Waals surface area contributed by atoms with Gasteiger partial charge in [-0.05, 0) is 41.8 Å². The SMILES string of the molecule is Cc1ccc(S(=O)(=O)N2c3ccccc3-c3ccccc3[C@H]2c2ccccc2)cc1. The summed E-state index contributed by atoms with van der Waals surface area (Å²) in [6.07, 6.45) is 0. The number of hydrogen-bond donors (Lipinski definition) is 0. The highest BCUT2D eigenvalue weighted by molar-refractivity contribution is 7.92. The molecular formula is C26H21NO2S. The van der Waals surface area contributed by atoms with Crippen molar-refractivity contribution >= 4 is 15.7 Å². The molecule has 0 saturated carbocycles. The largest absolute Gasteiger partial charge is 0.265 e. The molecule has 4 aromatic carbocycles. The van der Waals surface area contributed by atoms with Gasteiger partial charge in [-0.25, -0.2) is 8.42 Å². The normalized spacial score (nSPS) is 15.4. The molecule has 4 aromatic rings. The van der Waals surface area contributed by atoms with Crippen LogP contribution in [0, 0.1) is 6.92 Å². The molecule has 3 nitrogen and oxygen atoms in total. The van der Waals surface area contributed by atoms with E-state index < -0.39 is 16.1 Å². The van der Waals surface area contributed by atoms with Crippen molar-refractivity contribution < 1.29 is 8.42 Å². The molecule has 0 unspecified atom stereocenters. The first kappa shape index (κ1) is 18.6. The highest BCUT2D eigenvalue weighted by atomic mass is 32.2. The number of rotatable bonds is 3. The van der Waals surface area contributed by atoms with E-state index in [4.69, 9.17) is 0 Å². The summed E-state index contributed by atoms with van der Waals surface area (Å²) in [5.41, 5.74) is 5.64. The predicted octanol–water partition coefficient (Wildman–Crippen LogP) is 5.96. The van der Waals surface area contributed by atoms with Crippen LogP contribution in [-0.2, 0) is 10.0 Å². The van der Waals surface area contributed by atoms with Gasteiger partial charge in [-0.2, -0.15) is 0 Å². The van der Waals surface area contributed by atoms with E-state index in [1.165, 1.54) is 0 Å². The van der Waals surface area contributed by atoms with Crippen molar-refractivity contribution in [1.29, 1.82) is 0 Å². The molecule has 5 rings (SSSR count). The van der Waals surface area contributed by atoms with Crippen LogP contribution in [0.2, 0.25) is 0 Å². The zero-order chi connectivity index (χ0) is 20.7. The van der Waals surface area contributed by atoms with Crippen molar-refractivity contribution in [3.8, 4) is 11.1 Å². The summed E-state index contributed by atoms with van der Waals surface area (Å²) >= 11 is 0. The van der Waals surface area contributed by atoms with Crippen LogP contribution < -0.4 is 4.31 Å². The lowest BCUT2D eigenvalue weighted by molar-refractivity contribution is 0.585. The van der Waals surface area contributed by atoms with Crippen LogP contribution in [0.25, 0.3) is 11.1 Å². The molecule has 1 atom stereocenters. The Hall–Kier alpha value is -3.37. The molecule has 0 aliphatic carbocycles. The van der Waals surface area contributed by atoms with Gasteiger partial charge in [0, 0.05) is 5.56 Å². The molecule has 4 heteroatoms. The Bertz CT molecular complexity index is 1310. The van der Waals surface area contributed by atoms with Gasteiger partial charge in [-0.15, -0.1) is 0 Å². The maximum absolute atomic E-state index is 14.0. The molecular weight excluding hydrogens is 390 g/mol. The quantitative estimate of drug-likeness (QED) is 0.417. The fourth-order valence-electron chi connectivity index (χ4n) is 4.18. The molecule has 0 spiro atoms. The number of nitrogens with zero attached hydrogens (tertiary/aromatic N) is 1. The van der Waals surface area contributed by atoms with E-state index in [1.807, 2.05) is 91.9 Å². The van der Waals surface area contributed by atoms with Crippen molar-refractivity contribution in [1.82, 2.24) is 0 Å². The van der Waals surface area contributed by atoms with Crippen molar-refractivity contribution in [2.45, 2.75) is 17.9 Å².